The zero-order valence-corrected chi connectivity index (χ0v) is 17.8. The standard InChI is InChI=1S/C27H25FN2O2/c1-2-27(28,19-3-11-23(12-4-19)31-25-15-7-21(29)8-16-25)20-5-13-24(14-6-20)32-26-17-9-22(30)10-18-26/h3-18H,2,29-30H2,1H3. The first-order chi connectivity index (χ1) is 15.5. The van der Waals surface area contributed by atoms with Crippen molar-refractivity contribution in [1.82, 2.24) is 0 Å². The molecule has 4 N–H and O–H groups in total. The molecule has 4 aromatic carbocycles. The van der Waals surface area contributed by atoms with E-state index in [4.69, 9.17) is 20.9 Å². The van der Waals surface area contributed by atoms with E-state index in [1.165, 1.54) is 0 Å². The highest BCUT2D eigenvalue weighted by Crippen LogP contribution is 2.39. The lowest BCUT2D eigenvalue weighted by molar-refractivity contribution is 0.214. The summed E-state index contributed by atoms with van der Waals surface area (Å²) >= 11 is 0. The fraction of sp³-hybridized carbons (Fsp3) is 0.111. The summed E-state index contributed by atoms with van der Waals surface area (Å²) in [4.78, 5) is 0. The molecule has 0 radical (unpaired) electrons. The van der Waals surface area contributed by atoms with Crippen molar-refractivity contribution in [3.63, 3.8) is 0 Å². The molecule has 4 aromatic rings. The van der Waals surface area contributed by atoms with Gasteiger partial charge in [0.15, 0.2) is 5.67 Å². The van der Waals surface area contributed by atoms with Crippen molar-refractivity contribution in [2.45, 2.75) is 19.0 Å². The Bertz CT molecular complexity index is 1070. The van der Waals surface area contributed by atoms with Gasteiger partial charge in [-0.2, -0.15) is 0 Å². The smallest absolute Gasteiger partial charge is 0.160 e. The second kappa shape index (κ2) is 9.02. The highest BCUT2D eigenvalue weighted by molar-refractivity contribution is 5.46. The molecule has 0 heterocycles. The Morgan fingerprint density at radius 2 is 0.844 bits per heavy atom. The first-order valence-corrected chi connectivity index (χ1v) is 10.4. The van der Waals surface area contributed by atoms with Crippen molar-refractivity contribution in [3.8, 4) is 23.0 Å². The van der Waals surface area contributed by atoms with Crippen molar-refractivity contribution < 1.29 is 13.9 Å². The molecule has 0 unspecified atom stereocenters. The molecule has 4 rings (SSSR count). The number of anilines is 2. The van der Waals surface area contributed by atoms with Crippen LogP contribution < -0.4 is 20.9 Å². The van der Waals surface area contributed by atoms with Gasteiger partial charge in [-0.3, -0.25) is 0 Å². The summed E-state index contributed by atoms with van der Waals surface area (Å²) in [6.45, 7) is 1.83. The third-order valence-corrected chi connectivity index (χ3v) is 5.34. The van der Waals surface area contributed by atoms with Gasteiger partial charge in [0.05, 0.1) is 0 Å². The van der Waals surface area contributed by atoms with Gasteiger partial charge in [-0.25, -0.2) is 4.39 Å². The van der Waals surface area contributed by atoms with Gasteiger partial charge in [0, 0.05) is 11.4 Å². The average Bonchev–Trinajstić information content (AvgIpc) is 2.82. The van der Waals surface area contributed by atoms with Gasteiger partial charge in [0.25, 0.3) is 0 Å². The summed E-state index contributed by atoms with van der Waals surface area (Å²) in [6, 6.07) is 28.4. The van der Waals surface area contributed by atoms with Crippen LogP contribution in [0, 0.1) is 0 Å². The zero-order valence-electron chi connectivity index (χ0n) is 17.8. The maximum Gasteiger partial charge on any atom is 0.160 e. The maximum absolute atomic E-state index is 16.1. The number of halogens is 1. The van der Waals surface area contributed by atoms with E-state index in [1.54, 1.807) is 97.1 Å². The molecule has 0 aliphatic carbocycles. The van der Waals surface area contributed by atoms with Crippen LogP contribution in [0.15, 0.2) is 97.1 Å². The lowest BCUT2D eigenvalue weighted by atomic mass is 9.86. The largest absolute Gasteiger partial charge is 0.457 e. The minimum Gasteiger partial charge on any atom is -0.457 e. The summed E-state index contributed by atoms with van der Waals surface area (Å²) in [5, 5.41) is 0. The van der Waals surface area contributed by atoms with Crippen molar-refractivity contribution in [2.24, 2.45) is 0 Å². The molecule has 0 aliphatic heterocycles. The van der Waals surface area contributed by atoms with E-state index in [9.17, 15) is 0 Å². The summed E-state index contributed by atoms with van der Waals surface area (Å²) in [7, 11) is 0. The predicted molar refractivity (Wildman–Crippen MR) is 127 cm³/mol. The molecule has 32 heavy (non-hydrogen) atoms. The van der Waals surface area contributed by atoms with E-state index in [0.717, 1.165) is 0 Å². The average molecular weight is 429 g/mol. The topological polar surface area (TPSA) is 70.5 Å². The highest BCUT2D eigenvalue weighted by Gasteiger charge is 2.32. The fourth-order valence-electron chi connectivity index (χ4n) is 3.49. The Labute approximate surface area is 187 Å². The van der Waals surface area contributed by atoms with E-state index in [0.29, 0.717) is 51.9 Å². The third kappa shape index (κ3) is 4.67. The summed E-state index contributed by atoms with van der Waals surface area (Å²) < 4.78 is 27.7. The first kappa shape index (κ1) is 21.2. The van der Waals surface area contributed by atoms with Gasteiger partial charge in [0.1, 0.15) is 23.0 Å². The minimum atomic E-state index is -1.63. The van der Waals surface area contributed by atoms with Crippen LogP contribution in [0.2, 0.25) is 0 Å². The molecule has 0 saturated carbocycles. The monoisotopic (exact) mass is 428 g/mol. The molecule has 0 spiro atoms. The van der Waals surface area contributed by atoms with Crippen LogP contribution in [-0.2, 0) is 5.67 Å². The SMILES string of the molecule is CCC(F)(c1ccc(Oc2ccc(N)cc2)cc1)c1ccc(Oc2ccc(N)cc2)cc1. The van der Waals surface area contributed by atoms with E-state index in [1.807, 2.05) is 6.92 Å². The van der Waals surface area contributed by atoms with E-state index >= 15 is 4.39 Å². The van der Waals surface area contributed by atoms with Crippen molar-refractivity contribution in [2.75, 3.05) is 11.5 Å². The number of nitrogens with two attached hydrogens (primary N) is 2. The van der Waals surface area contributed by atoms with E-state index in [-0.39, 0.29) is 0 Å². The van der Waals surface area contributed by atoms with Gasteiger partial charge in [-0.15, -0.1) is 0 Å². The molecule has 0 aliphatic rings. The second-order valence-corrected chi connectivity index (χ2v) is 7.55. The number of hydrogen-bond donors (Lipinski definition) is 2. The van der Waals surface area contributed by atoms with Crippen LogP contribution in [0.3, 0.4) is 0 Å². The summed E-state index contributed by atoms with van der Waals surface area (Å²) in [6.07, 6.45) is 0.295. The van der Waals surface area contributed by atoms with Gasteiger partial charge >= 0.3 is 0 Å². The Kier molecular flexibility index (Phi) is 5.99. The molecule has 4 nitrogen and oxygen atoms in total. The number of benzene rings is 4. The molecule has 5 heteroatoms. The number of nitrogen functional groups attached to an aromatic ring is 2. The lowest BCUT2D eigenvalue weighted by Crippen LogP contribution is -2.20. The van der Waals surface area contributed by atoms with Gasteiger partial charge in [0.2, 0.25) is 0 Å². The van der Waals surface area contributed by atoms with Crippen molar-refractivity contribution in [1.29, 1.82) is 0 Å². The summed E-state index contributed by atoms with van der Waals surface area (Å²) in [5.41, 5.74) is 12.2. The van der Waals surface area contributed by atoms with Gasteiger partial charge in [-0.05, 0) is 90.3 Å². The number of ether oxygens (including phenoxy) is 2. The lowest BCUT2D eigenvalue weighted by Gasteiger charge is -2.25. The Morgan fingerprint density at radius 1 is 0.562 bits per heavy atom. The molecular weight excluding hydrogens is 403 g/mol. The van der Waals surface area contributed by atoms with Crippen LogP contribution in [0.1, 0.15) is 24.5 Å². The minimum absolute atomic E-state index is 0.295. The molecule has 0 bridgehead atoms. The van der Waals surface area contributed by atoms with Crippen LogP contribution in [-0.4, -0.2) is 0 Å². The quantitative estimate of drug-likeness (QED) is 0.309. The molecule has 0 aromatic heterocycles. The molecule has 0 amide bonds. The molecule has 0 saturated heterocycles. The van der Waals surface area contributed by atoms with Crippen LogP contribution >= 0.6 is 0 Å². The van der Waals surface area contributed by atoms with E-state index < -0.39 is 5.67 Å². The van der Waals surface area contributed by atoms with E-state index in [2.05, 4.69) is 0 Å². The van der Waals surface area contributed by atoms with Crippen LogP contribution in [0.5, 0.6) is 23.0 Å². The fourth-order valence-corrected chi connectivity index (χ4v) is 3.49. The first-order valence-electron chi connectivity index (χ1n) is 10.4. The molecular formula is C27H25FN2O2. The number of rotatable bonds is 7. The number of hydrogen-bond acceptors (Lipinski definition) is 4. The molecule has 0 fully saturated rings. The Morgan fingerprint density at radius 3 is 1.12 bits per heavy atom. The molecule has 0 atom stereocenters. The number of alkyl halides is 1. The second-order valence-electron chi connectivity index (χ2n) is 7.55. The van der Waals surface area contributed by atoms with Crippen LogP contribution in [0.25, 0.3) is 0 Å². The Balaban J connectivity index is 1.50. The van der Waals surface area contributed by atoms with Crippen molar-refractivity contribution >= 4 is 11.4 Å². The molecule has 162 valence electrons. The van der Waals surface area contributed by atoms with Gasteiger partial charge < -0.3 is 20.9 Å². The maximum atomic E-state index is 16.1. The van der Waals surface area contributed by atoms with Crippen LogP contribution in [0.4, 0.5) is 15.8 Å². The summed E-state index contributed by atoms with van der Waals surface area (Å²) in [5.74, 6) is 2.60. The Hall–Kier alpha value is -3.99. The highest BCUT2D eigenvalue weighted by atomic mass is 19.1. The van der Waals surface area contributed by atoms with Gasteiger partial charge in [-0.1, -0.05) is 31.2 Å². The predicted octanol–water partition coefficient (Wildman–Crippen LogP) is 7.06. The zero-order chi connectivity index (χ0) is 22.6. The third-order valence-electron chi connectivity index (χ3n) is 5.34. The van der Waals surface area contributed by atoms with Crippen molar-refractivity contribution in [3.05, 3.63) is 108 Å². The normalized spacial score (nSPS) is 11.2.